The van der Waals surface area contributed by atoms with Crippen LogP contribution in [0.4, 0.5) is 15.9 Å². The molecule has 2 atom stereocenters. The lowest BCUT2D eigenvalue weighted by Crippen LogP contribution is -2.27. The van der Waals surface area contributed by atoms with Gasteiger partial charge in [-0.05, 0) is 48.4 Å². The predicted molar refractivity (Wildman–Crippen MR) is 135 cm³/mol. The Morgan fingerprint density at radius 1 is 1.16 bits per heavy atom. The van der Waals surface area contributed by atoms with Crippen molar-refractivity contribution in [2.75, 3.05) is 23.4 Å². The molecule has 2 unspecified atom stereocenters. The molecule has 0 aliphatic carbocycles. The van der Waals surface area contributed by atoms with Gasteiger partial charge in [0.1, 0.15) is 11.6 Å². The first-order chi connectivity index (χ1) is 15.5. The molecule has 1 aliphatic rings. The van der Waals surface area contributed by atoms with Crippen molar-refractivity contribution in [2.24, 2.45) is 5.73 Å². The van der Waals surface area contributed by atoms with Crippen LogP contribution < -0.4 is 15.5 Å². The molecule has 6 nitrogen and oxygen atoms in total. The maximum atomic E-state index is 13.5. The van der Waals surface area contributed by atoms with Crippen LogP contribution in [-0.2, 0) is 6.54 Å². The van der Waals surface area contributed by atoms with E-state index in [1.807, 2.05) is 40.9 Å². The van der Waals surface area contributed by atoms with E-state index in [9.17, 15) is 4.39 Å². The Kier molecular flexibility index (Phi) is 5.73. The number of imidazole rings is 1. The van der Waals surface area contributed by atoms with Gasteiger partial charge in [0.25, 0.3) is 0 Å². The smallest absolute Gasteiger partial charge is 0.154 e. The Balaban J connectivity index is 1.41. The highest BCUT2D eigenvalue weighted by molar-refractivity contribution is 14.1. The number of halogens is 2. The van der Waals surface area contributed by atoms with Crippen LogP contribution in [0.5, 0.6) is 0 Å². The van der Waals surface area contributed by atoms with Crippen molar-refractivity contribution >= 4 is 39.7 Å². The lowest BCUT2D eigenvalue weighted by molar-refractivity contribution is 0.625. The summed E-state index contributed by atoms with van der Waals surface area (Å²) in [5.74, 6) is 0.556. The van der Waals surface area contributed by atoms with Crippen molar-refractivity contribution in [2.45, 2.75) is 23.1 Å². The number of rotatable bonds is 5. The van der Waals surface area contributed by atoms with Crippen LogP contribution in [0.15, 0.2) is 66.9 Å². The van der Waals surface area contributed by atoms with Crippen LogP contribution in [-0.4, -0.2) is 38.3 Å². The second kappa shape index (κ2) is 8.67. The molecule has 0 radical (unpaired) electrons. The van der Waals surface area contributed by atoms with Gasteiger partial charge in [-0.15, -0.1) is 5.10 Å². The molecule has 164 valence electrons. The Morgan fingerprint density at radius 2 is 1.97 bits per heavy atom. The molecule has 2 aromatic carbocycles. The summed E-state index contributed by atoms with van der Waals surface area (Å²) in [6.45, 7) is 1.44. The van der Waals surface area contributed by atoms with Gasteiger partial charge in [-0.3, -0.25) is 0 Å². The summed E-state index contributed by atoms with van der Waals surface area (Å²) in [7, 11) is 1.95. The Hall–Kier alpha value is -2.72. The third kappa shape index (κ3) is 4.16. The van der Waals surface area contributed by atoms with Gasteiger partial charge in [0.15, 0.2) is 5.65 Å². The van der Waals surface area contributed by atoms with Gasteiger partial charge in [0.05, 0.1) is 15.9 Å². The average molecular weight is 542 g/mol. The maximum absolute atomic E-state index is 13.5. The fourth-order valence-corrected chi connectivity index (χ4v) is 5.37. The number of hydrogen-bond donors (Lipinski definition) is 1. The molecule has 1 aliphatic heterocycles. The summed E-state index contributed by atoms with van der Waals surface area (Å²) < 4.78 is 15.8. The predicted octanol–water partition coefficient (Wildman–Crippen LogP) is 4.47. The quantitative estimate of drug-likeness (QED) is 0.229. The van der Waals surface area contributed by atoms with Gasteiger partial charge in [-0.2, -0.15) is 0 Å². The largest absolute Gasteiger partial charge is 0.358 e. The zero-order chi connectivity index (χ0) is 22.2. The molecular weight excluding hydrogens is 518 g/mol. The van der Waals surface area contributed by atoms with Crippen molar-refractivity contribution in [3.05, 3.63) is 78.2 Å². The van der Waals surface area contributed by atoms with E-state index in [-0.39, 0.29) is 11.9 Å². The number of fused-ring (bicyclic) bond motifs is 1. The Bertz CT molecular complexity index is 1240. The summed E-state index contributed by atoms with van der Waals surface area (Å²) in [6.07, 6.45) is 2.85. The topological polar surface area (TPSA) is 62.7 Å². The lowest BCUT2D eigenvalue weighted by Gasteiger charge is -2.22. The summed E-state index contributed by atoms with van der Waals surface area (Å²) in [5.41, 5.74) is 11.0. The second-order valence-corrected chi connectivity index (χ2v) is 9.66. The first kappa shape index (κ1) is 21.1. The number of alkyl halides is 1. The number of aromatic nitrogens is 3. The van der Waals surface area contributed by atoms with Crippen molar-refractivity contribution in [3.63, 3.8) is 0 Å². The minimum atomic E-state index is -0.232. The zero-order valence-electron chi connectivity index (χ0n) is 17.7. The zero-order valence-corrected chi connectivity index (χ0v) is 19.9. The summed E-state index contributed by atoms with van der Waals surface area (Å²) in [5, 5.41) is 4.81. The third-order valence-electron chi connectivity index (χ3n) is 5.81. The van der Waals surface area contributed by atoms with Crippen LogP contribution in [0, 0.1) is 5.82 Å². The van der Waals surface area contributed by atoms with Crippen molar-refractivity contribution in [1.29, 1.82) is 0 Å². The number of anilines is 2. The standard InChI is InChI=1S/C24H24FIN6/c1-30(14-16-3-2-4-18(25)11-16)24-10-9-23-28-13-21(32(23)29-24)17-5-7-20(8-6-17)31-15-19(27)12-22(31)26/h2-11,13,19,22H,12,14-15,27H2,1H3. The molecule has 8 heteroatoms. The van der Waals surface area contributed by atoms with Crippen molar-refractivity contribution in [3.8, 4) is 11.3 Å². The van der Waals surface area contributed by atoms with Crippen LogP contribution in [0.1, 0.15) is 12.0 Å². The minimum absolute atomic E-state index is 0.224. The molecule has 4 aromatic rings. The van der Waals surface area contributed by atoms with Gasteiger partial charge in [0, 0.05) is 37.4 Å². The highest BCUT2D eigenvalue weighted by Crippen LogP contribution is 2.31. The maximum Gasteiger partial charge on any atom is 0.154 e. The average Bonchev–Trinajstić information content (AvgIpc) is 3.35. The fraction of sp³-hybridized carbons (Fsp3) is 0.250. The highest BCUT2D eigenvalue weighted by atomic mass is 127. The van der Waals surface area contributed by atoms with E-state index in [4.69, 9.17) is 10.8 Å². The van der Waals surface area contributed by atoms with Gasteiger partial charge in [0.2, 0.25) is 0 Å². The first-order valence-corrected chi connectivity index (χ1v) is 11.8. The van der Waals surface area contributed by atoms with Gasteiger partial charge in [-0.25, -0.2) is 13.9 Å². The summed E-state index contributed by atoms with van der Waals surface area (Å²) in [4.78, 5) is 8.86. The minimum Gasteiger partial charge on any atom is -0.358 e. The second-order valence-electron chi connectivity index (χ2n) is 8.22. The lowest BCUT2D eigenvalue weighted by atomic mass is 10.1. The molecule has 1 saturated heterocycles. The van der Waals surface area contributed by atoms with E-state index in [2.05, 4.69) is 56.7 Å². The number of nitrogens with zero attached hydrogens (tertiary/aromatic N) is 5. The van der Waals surface area contributed by atoms with E-state index in [1.165, 1.54) is 11.8 Å². The van der Waals surface area contributed by atoms with Crippen LogP contribution in [0.3, 0.4) is 0 Å². The molecule has 3 heterocycles. The first-order valence-electron chi connectivity index (χ1n) is 10.5. The van der Waals surface area contributed by atoms with E-state index in [1.54, 1.807) is 12.1 Å². The number of nitrogens with two attached hydrogens (primary N) is 1. The molecule has 0 bridgehead atoms. The number of hydrogen-bond acceptors (Lipinski definition) is 5. The monoisotopic (exact) mass is 542 g/mol. The van der Waals surface area contributed by atoms with E-state index >= 15 is 0 Å². The molecule has 0 spiro atoms. The van der Waals surface area contributed by atoms with E-state index in [0.717, 1.165) is 41.3 Å². The summed E-state index contributed by atoms with van der Waals surface area (Å²) >= 11 is 2.46. The third-order valence-corrected chi connectivity index (χ3v) is 6.99. The molecule has 2 N–H and O–H groups in total. The SMILES string of the molecule is CN(Cc1cccc(F)c1)c1ccc2ncc(-c3ccc(N4CC(N)CC4I)cc3)n2n1. The van der Waals surface area contributed by atoms with Crippen LogP contribution in [0.2, 0.25) is 0 Å². The van der Waals surface area contributed by atoms with Crippen molar-refractivity contribution < 1.29 is 4.39 Å². The van der Waals surface area contributed by atoms with Crippen LogP contribution in [0.25, 0.3) is 16.9 Å². The van der Waals surface area contributed by atoms with Crippen LogP contribution >= 0.6 is 22.6 Å². The fourth-order valence-electron chi connectivity index (χ4n) is 4.16. The van der Waals surface area contributed by atoms with Crippen molar-refractivity contribution in [1.82, 2.24) is 14.6 Å². The highest BCUT2D eigenvalue weighted by Gasteiger charge is 2.27. The van der Waals surface area contributed by atoms with Gasteiger partial charge >= 0.3 is 0 Å². The Morgan fingerprint density at radius 3 is 2.69 bits per heavy atom. The molecule has 32 heavy (non-hydrogen) atoms. The molecule has 0 amide bonds. The normalized spacial score (nSPS) is 18.4. The molecule has 2 aromatic heterocycles. The van der Waals surface area contributed by atoms with Gasteiger partial charge < -0.3 is 15.5 Å². The number of benzene rings is 2. The Labute approximate surface area is 200 Å². The molecule has 0 saturated carbocycles. The molecule has 1 fully saturated rings. The van der Waals surface area contributed by atoms with Gasteiger partial charge in [-0.1, -0.05) is 46.9 Å². The van der Waals surface area contributed by atoms with E-state index < -0.39 is 0 Å². The molecule has 5 rings (SSSR count). The summed E-state index contributed by atoms with van der Waals surface area (Å²) in [6, 6.07) is 19.2. The molecular formula is C24H24FIN6. The van der Waals surface area contributed by atoms with E-state index in [0.29, 0.717) is 10.6 Å².